The zero-order valence-electron chi connectivity index (χ0n) is 31.5. The molecule has 0 heterocycles. The molecule has 0 fully saturated rings. The summed E-state index contributed by atoms with van der Waals surface area (Å²) in [6.45, 7) is 0. The van der Waals surface area contributed by atoms with Crippen LogP contribution in [0.4, 0.5) is 17.1 Å². The number of anilines is 3. The van der Waals surface area contributed by atoms with Crippen molar-refractivity contribution < 1.29 is 0 Å². The average Bonchev–Trinajstić information content (AvgIpc) is 3.30. The van der Waals surface area contributed by atoms with Crippen molar-refractivity contribution in [2.75, 3.05) is 4.90 Å². The number of hydrogen-bond donors (Lipinski definition) is 0. The highest BCUT2D eigenvalue weighted by Gasteiger charge is 2.22. The molecule has 0 aromatic heterocycles. The first-order chi connectivity index (χ1) is 28.3. The minimum absolute atomic E-state index is 1.09. The molecule has 0 radical (unpaired) electrons. The van der Waals surface area contributed by atoms with Gasteiger partial charge in [-0.2, -0.15) is 0 Å². The maximum atomic E-state index is 2.45. The highest BCUT2D eigenvalue weighted by atomic mass is 15.1. The lowest BCUT2D eigenvalue weighted by molar-refractivity contribution is 1.28. The van der Waals surface area contributed by atoms with Gasteiger partial charge in [0.1, 0.15) is 0 Å². The summed E-state index contributed by atoms with van der Waals surface area (Å²) in [7, 11) is 0. The fraction of sp³-hybridized carbons (Fsp3) is 0. The first kappa shape index (κ1) is 34.0. The predicted octanol–water partition coefficient (Wildman–Crippen LogP) is 15.8. The quantitative estimate of drug-likeness (QED) is 0.151. The van der Waals surface area contributed by atoms with Gasteiger partial charge in [-0.1, -0.05) is 206 Å². The van der Waals surface area contributed by atoms with E-state index in [0.29, 0.717) is 0 Å². The molecule has 0 spiro atoms. The van der Waals surface area contributed by atoms with E-state index in [1.807, 2.05) is 0 Å². The summed E-state index contributed by atoms with van der Waals surface area (Å²) in [6.07, 6.45) is 0. The summed E-state index contributed by atoms with van der Waals surface area (Å²) in [5, 5.41) is 4.95. The number of nitrogens with zero attached hydrogens (tertiary/aromatic N) is 1. The van der Waals surface area contributed by atoms with Crippen molar-refractivity contribution in [1.82, 2.24) is 0 Å². The van der Waals surface area contributed by atoms with Crippen molar-refractivity contribution in [3.05, 3.63) is 237 Å². The van der Waals surface area contributed by atoms with E-state index in [4.69, 9.17) is 0 Å². The van der Waals surface area contributed by atoms with E-state index in [2.05, 4.69) is 241 Å². The molecule has 0 amide bonds. The van der Waals surface area contributed by atoms with Gasteiger partial charge >= 0.3 is 0 Å². The Morgan fingerprint density at radius 1 is 0.228 bits per heavy atom. The Kier molecular flexibility index (Phi) is 8.95. The number of benzene rings is 10. The van der Waals surface area contributed by atoms with Crippen LogP contribution in [0, 0.1) is 0 Å². The standard InChI is InChI=1S/C56H39N/c1-3-15-40(16-4-1)42-29-32-45(33-30-42)50-23-9-11-27-54(50)57(49-37-35-43(36-38-49)48-34-31-41-17-7-8-20-47(41)39-48)55-28-12-10-24-52(55)53-26-14-22-46-21-13-25-51(56(46)53)44-18-5-2-6-19-44/h1-39H. The number of para-hydroxylation sites is 2. The van der Waals surface area contributed by atoms with Crippen molar-refractivity contribution in [3.63, 3.8) is 0 Å². The van der Waals surface area contributed by atoms with Gasteiger partial charge in [0, 0.05) is 16.8 Å². The van der Waals surface area contributed by atoms with Crippen LogP contribution in [0.25, 0.3) is 77.2 Å². The van der Waals surface area contributed by atoms with Gasteiger partial charge in [-0.3, -0.25) is 0 Å². The second-order valence-electron chi connectivity index (χ2n) is 14.5. The Bertz CT molecular complexity index is 2980. The van der Waals surface area contributed by atoms with Gasteiger partial charge in [-0.15, -0.1) is 0 Å². The zero-order valence-corrected chi connectivity index (χ0v) is 31.5. The van der Waals surface area contributed by atoms with Crippen molar-refractivity contribution in [2.45, 2.75) is 0 Å². The third kappa shape index (κ3) is 6.56. The minimum Gasteiger partial charge on any atom is -0.309 e. The molecule has 0 bridgehead atoms. The summed E-state index contributed by atoms with van der Waals surface area (Å²) >= 11 is 0. The topological polar surface area (TPSA) is 3.24 Å². The lowest BCUT2D eigenvalue weighted by Crippen LogP contribution is -2.12. The van der Waals surface area contributed by atoms with Crippen molar-refractivity contribution in [2.24, 2.45) is 0 Å². The molecule has 0 N–H and O–H groups in total. The molecule has 0 atom stereocenters. The lowest BCUT2D eigenvalue weighted by Gasteiger charge is -2.30. The Balaban J connectivity index is 1.16. The van der Waals surface area contributed by atoms with E-state index in [0.717, 1.165) is 28.2 Å². The molecule has 0 aliphatic rings. The number of fused-ring (bicyclic) bond motifs is 2. The number of rotatable bonds is 8. The van der Waals surface area contributed by atoms with Gasteiger partial charge in [0.2, 0.25) is 0 Å². The summed E-state index contributed by atoms with van der Waals surface area (Å²) in [5.74, 6) is 0. The molecule has 0 aliphatic carbocycles. The van der Waals surface area contributed by atoms with Crippen LogP contribution in [-0.4, -0.2) is 0 Å². The second-order valence-corrected chi connectivity index (χ2v) is 14.5. The van der Waals surface area contributed by atoms with Gasteiger partial charge < -0.3 is 4.90 Å². The van der Waals surface area contributed by atoms with Crippen molar-refractivity contribution >= 4 is 38.6 Å². The van der Waals surface area contributed by atoms with Gasteiger partial charge in [0.05, 0.1) is 11.4 Å². The third-order valence-corrected chi connectivity index (χ3v) is 11.1. The first-order valence-corrected chi connectivity index (χ1v) is 19.6. The maximum absolute atomic E-state index is 2.45. The SMILES string of the molecule is c1ccc(-c2ccc(-c3ccccc3N(c3ccc(-c4ccc5ccccc5c4)cc3)c3ccccc3-c3cccc4cccc(-c5ccccc5)c34)cc2)cc1. The van der Waals surface area contributed by atoms with E-state index >= 15 is 0 Å². The second kappa shape index (κ2) is 15.0. The van der Waals surface area contributed by atoms with Gasteiger partial charge in [0.15, 0.2) is 0 Å². The Hall–Kier alpha value is -7.48. The Labute approximate surface area is 334 Å². The molecule has 0 saturated heterocycles. The molecule has 57 heavy (non-hydrogen) atoms. The van der Waals surface area contributed by atoms with Gasteiger partial charge in [-0.05, 0) is 96.4 Å². The average molecular weight is 726 g/mol. The fourth-order valence-electron chi connectivity index (χ4n) is 8.29. The Morgan fingerprint density at radius 3 is 1.39 bits per heavy atom. The van der Waals surface area contributed by atoms with Crippen LogP contribution in [0.15, 0.2) is 237 Å². The lowest BCUT2D eigenvalue weighted by atomic mass is 9.90. The molecule has 10 aromatic carbocycles. The molecule has 1 heteroatoms. The van der Waals surface area contributed by atoms with Crippen LogP contribution < -0.4 is 4.90 Å². The highest BCUT2D eigenvalue weighted by molar-refractivity contribution is 6.09. The maximum Gasteiger partial charge on any atom is 0.0540 e. The summed E-state index contributed by atoms with van der Waals surface area (Å²) in [6, 6.07) is 85.7. The van der Waals surface area contributed by atoms with Crippen molar-refractivity contribution in [3.8, 4) is 55.6 Å². The monoisotopic (exact) mass is 725 g/mol. The highest BCUT2D eigenvalue weighted by Crippen LogP contribution is 2.47. The third-order valence-electron chi connectivity index (χ3n) is 11.1. The smallest absolute Gasteiger partial charge is 0.0540 e. The molecule has 268 valence electrons. The largest absolute Gasteiger partial charge is 0.309 e. The van der Waals surface area contributed by atoms with Gasteiger partial charge in [-0.25, -0.2) is 0 Å². The van der Waals surface area contributed by atoms with E-state index in [-0.39, 0.29) is 0 Å². The summed E-state index contributed by atoms with van der Waals surface area (Å²) in [5.41, 5.74) is 15.2. The molecule has 10 aromatic rings. The molecular weight excluding hydrogens is 687 g/mol. The van der Waals surface area contributed by atoms with Crippen molar-refractivity contribution in [1.29, 1.82) is 0 Å². The van der Waals surface area contributed by atoms with Crippen LogP contribution in [0.3, 0.4) is 0 Å². The molecule has 0 unspecified atom stereocenters. The zero-order chi connectivity index (χ0) is 38.0. The Morgan fingerprint density at radius 2 is 0.667 bits per heavy atom. The van der Waals surface area contributed by atoms with Crippen LogP contribution in [0.2, 0.25) is 0 Å². The fourth-order valence-corrected chi connectivity index (χ4v) is 8.29. The molecular formula is C56H39N. The predicted molar refractivity (Wildman–Crippen MR) is 243 cm³/mol. The van der Waals surface area contributed by atoms with E-state index < -0.39 is 0 Å². The van der Waals surface area contributed by atoms with E-state index in [1.165, 1.54) is 66.1 Å². The van der Waals surface area contributed by atoms with Crippen LogP contribution in [0.1, 0.15) is 0 Å². The van der Waals surface area contributed by atoms with Crippen LogP contribution >= 0.6 is 0 Å². The summed E-state index contributed by atoms with van der Waals surface area (Å²) in [4.78, 5) is 2.45. The van der Waals surface area contributed by atoms with E-state index in [1.54, 1.807) is 0 Å². The molecule has 0 saturated carbocycles. The minimum atomic E-state index is 1.09. The van der Waals surface area contributed by atoms with Crippen LogP contribution in [-0.2, 0) is 0 Å². The van der Waals surface area contributed by atoms with Gasteiger partial charge in [0.25, 0.3) is 0 Å². The normalized spacial score (nSPS) is 11.2. The number of hydrogen-bond acceptors (Lipinski definition) is 1. The first-order valence-electron chi connectivity index (χ1n) is 19.6. The summed E-state index contributed by atoms with van der Waals surface area (Å²) < 4.78 is 0. The van der Waals surface area contributed by atoms with E-state index in [9.17, 15) is 0 Å². The molecule has 10 rings (SSSR count). The van der Waals surface area contributed by atoms with Crippen LogP contribution in [0.5, 0.6) is 0 Å². The molecule has 1 nitrogen and oxygen atoms in total. The molecule has 0 aliphatic heterocycles.